The van der Waals surface area contributed by atoms with Gasteiger partial charge in [0.05, 0.1) is 10.2 Å². The highest BCUT2D eigenvalue weighted by Gasteiger charge is 2.03. The van der Waals surface area contributed by atoms with Crippen molar-refractivity contribution in [2.24, 2.45) is 0 Å². The number of aromatic nitrogens is 1. The first-order chi connectivity index (χ1) is 8.08. The van der Waals surface area contributed by atoms with Crippen LogP contribution in [0.2, 0.25) is 0 Å². The molecule has 0 spiro atoms. The third-order valence-corrected chi connectivity index (χ3v) is 3.17. The predicted molar refractivity (Wildman–Crippen MR) is 77.1 cm³/mol. The van der Waals surface area contributed by atoms with Crippen molar-refractivity contribution in [2.75, 3.05) is 37.2 Å². The topological polar surface area (TPSA) is 57.1 Å². The van der Waals surface area contributed by atoms with Crippen molar-refractivity contribution < 1.29 is 0 Å². The molecule has 1 aromatic heterocycles. The van der Waals surface area contributed by atoms with E-state index in [1.807, 2.05) is 13.0 Å². The fraction of sp³-hybridized carbons (Fsp3) is 0.583. The van der Waals surface area contributed by atoms with Gasteiger partial charge in [-0.1, -0.05) is 26.1 Å². The van der Waals surface area contributed by atoms with Crippen molar-refractivity contribution in [1.29, 1.82) is 0 Å². The Bertz CT molecular complexity index is 409. The smallest absolute Gasteiger partial charge is 0.128 e. The number of rotatable bonds is 6. The van der Waals surface area contributed by atoms with Gasteiger partial charge in [-0.25, -0.2) is 0 Å². The van der Waals surface area contributed by atoms with Gasteiger partial charge in [-0.05, 0) is 26.1 Å². The summed E-state index contributed by atoms with van der Waals surface area (Å²) in [5.74, 6) is 0.835. The van der Waals surface area contributed by atoms with E-state index in [1.165, 1.54) is 0 Å². The molecule has 0 aliphatic carbocycles. The van der Waals surface area contributed by atoms with Crippen LogP contribution < -0.4 is 11.1 Å². The minimum atomic E-state index is 0.630. The standard InChI is InChI=1S/C12H22N4S/c1-4-16(5-2)7-6-14-12-11(13)10(17)8-9(3)15-12/h8H,4-7,13H2,1-3H3,(H2,14,15,17). The number of hydrogen-bond donors (Lipinski definition) is 3. The van der Waals surface area contributed by atoms with Crippen molar-refractivity contribution in [3.63, 3.8) is 0 Å². The average molecular weight is 254 g/mol. The summed E-state index contributed by atoms with van der Waals surface area (Å²) in [6.07, 6.45) is 0. The maximum Gasteiger partial charge on any atom is 0.128 e. The third-order valence-electron chi connectivity index (χ3n) is 2.83. The summed E-state index contributed by atoms with van der Waals surface area (Å²) < 4.78 is 0.701. The minimum Gasteiger partial charge on any atom is -0.395 e. The van der Waals surface area contributed by atoms with Crippen molar-refractivity contribution in [3.05, 3.63) is 16.3 Å². The van der Waals surface area contributed by atoms with Crippen LogP contribution >= 0.6 is 12.2 Å². The molecule has 0 aliphatic heterocycles. The number of nitrogens with zero attached hydrogens (tertiary/aromatic N) is 1. The largest absolute Gasteiger partial charge is 0.395 e. The Morgan fingerprint density at radius 2 is 2.06 bits per heavy atom. The maximum atomic E-state index is 5.92. The molecule has 0 radical (unpaired) electrons. The SMILES string of the molecule is CCN(CC)CCNc1[nH]c(C)cc(=S)c1N. The highest BCUT2D eigenvalue weighted by Crippen LogP contribution is 2.17. The average Bonchev–Trinajstić information content (AvgIpc) is 2.30. The molecule has 4 N–H and O–H groups in total. The molecule has 0 saturated heterocycles. The molecule has 96 valence electrons. The maximum absolute atomic E-state index is 5.92. The first kappa shape index (κ1) is 14.0. The Morgan fingerprint density at radius 3 is 2.65 bits per heavy atom. The lowest BCUT2D eigenvalue weighted by atomic mass is 10.3. The molecule has 0 aromatic carbocycles. The lowest BCUT2D eigenvalue weighted by Crippen LogP contribution is -2.29. The van der Waals surface area contributed by atoms with Gasteiger partial charge in [-0.15, -0.1) is 0 Å². The fourth-order valence-electron chi connectivity index (χ4n) is 1.72. The fourth-order valence-corrected chi connectivity index (χ4v) is 2.00. The Labute approximate surface area is 108 Å². The summed E-state index contributed by atoms with van der Waals surface area (Å²) in [6, 6.07) is 1.88. The van der Waals surface area contributed by atoms with Crippen LogP contribution in [-0.4, -0.2) is 36.1 Å². The van der Waals surface area contributed by atoms with E-state index in [1.54, 1.807) is 0 Å². The highest BCUT2D eigenvalue weighted by molar-refractivity contribution is 7.71. The van der Waals surface area contributed by atoms with Gasteiger partial charge in [0.25, 0.3) is 0 Å². The molecule has 4 nitrogen and oxygen atoms in total. The molecular formula is C12H22N4S. The van der Waals surface area contributed by atoms with Crippen molar-refractivity contribution in [1.82, 2.24) is 9.88 Å². The van der Waals surface area contributed by atoms with Crippen LogP contribution in [-0.2, 0) is 0 Å². The van der Waals surface area contributed by atoms with Gasteiger partial charge in [0, 0.05) is 18.8 Å². The molecule has 1 aromatic rings. The van der Waals surface area contributed by atoms with Gasteiger partial charge >= 0.3 is 0 Å². The van der Waals surface area contributed by atoms with Crippen LogP contribution in [0.4, 0.5) is 11.5 Å². The summed E-state index contributed by atoms with van der Waals surface area (Å²) >= 11 is 5.18. The Kier molecular flexibility index (Phi) is 5.44. The molecule has 1 rings (SSSR count). The summed E-state index contributed by atoms with van der Waals surface area (Å²) in [4.78, 5) is 5.56. The van der Waals surface area contributed by atoms with Gasteiger partial charge in [-0.2, -0.15) is 0 Å². The number of aryl methyl sites for hydroxylation is 1. The molecule has 0 fully saturated rings. The molecule has 0 saturated carbocycles. The molecular weight excluding hydrogens is 232 g/mol. The third kappa shape index (κ3) is 4.02. The summed E-state index contributed by atoms with van der Waals surface area (Å²) in [5, 5.41) is 3.30. The lowest BCUT2D eigenvalue weighted by Gasteiger charge is -2.19. The molecule has 0 unspecified atom stereocenters. The first-order valence-electron chi connectivity index (χ1n) is 6.04. The molecule has 0 bridgehead atoms. The summed E-state index contributed by atoms with van der Waals surface area (Å²) in [7, 11) is 0. The molecule has 17 heavy (non-hydrogen) atoms. The molecule has 0 aliphatic rings. The number of hydrogen-bond acceptors (Lipinski definition) is 4. The van der Waals surface area contributed by atoms with Crippen molar-refractivity contribution in [3.8, 4) is 0 Å². The number of nitrogens with two attached hydrogens (primary N) is 1. The highest BCUT2D eigenvalue weighted by atomic mass is 32.1. The van der Waals surface area contributed by atoms with Crippen LogP contribution in [0.15, 0.2) is 6.07 Å². The quantitative estimate of drug-likeness (QED) is 0.682. The summed E-state index contributed by atoms with van der Waals surface area (Å²) in [5.41, 5.74) is 7.57. The van der Waals surface area contributed by atoms with Crippen LogP contribution in [0.25, 0.3) is 0 Å². The van der Waals surface area contributed by atoms with E-state index in [2.05, 4.69) is 29.0 Å². The predicted octanol–water partition coefficient (Wildman–Crippen LogP) is 2.39. The molecule has 1 heterocycles. The van der Waals surface area contributed by atoms with Gasteiger partial charge in [0.15, 0.2) is 0 Å². The van der Waals surface area contributed by atoms with E-state index < -0.39 is 0 Å². The monoisotopic (exact) mass is 254 g/mol. The molecule has 0 atom stereocenters. The lowest BCUT2D eigenvalue weighted by molar-refractivity contribution is 0.316. The second kappa shape index (κ2) is 6.61. The first-order valence-corrected chi connectivity index (χ1v) is 6.44. The second-order valence-corrected chi connectivity index (χ2v) is 4.50. The van der Waals surface area contributed by atoms with Gasteiger partial charge in [0.2, 0.25) is 0 Å². The van der Waals surface area contributed by atoms with Crippen LogP contribution in [0.5, 0.6) is 0 Å². The zero-order chi connectivity index (χ0) is 12.8. The van der Waals surface area contributed by atoms with E-state index in [-0.39, 0.29) is 0 Å². The van der Waals surface area contributed by atoms with Crippen LogP contribution in [0, 0.1) is 11.4 Å². The van der Waals surface area contributed by atoms with Gasteiger partial charge in [-0.3, -0.25) is 0 Å². The van der Waals surface area contributed by atoms with E-state index in [0.29, 0.717) is 10.2 Å². The molecule has 5 heteroatoms. The number of anilines is 2. The summed E-state index contributed by atoms with van der Waals surface area (Å²) in [6.45, 7) is 10.3. The number of nitrogens with one attached hydrogen (secondary N) is 2. The Balaban J connectivity index is 2.60. The van der Waals surface area contributed by atoms with Crippen molar-refractivity contribution >= 4 is 23.7 Å². The number of H-pyrrole nitrogens is 1. The number of aromatic amines is 1. The minimum absolute atomic E-state index is 0.630. The normalized spacial score (nSPS) is 10.8. The Hall–Kier alpha value is -1.07. The van der Waals surface area contributed by atoms with Crippen LogP contribution in [0.1, 0.15) is 19.5 Å². The Morgan fingerprint density at radius 1 is 1.41 bits per heavy atom. The number of pyridine rings is 1. The van der Waals surface area contributed by atoms with E-state index in [0.717, 1.165) is 37.7 Å². The second-order valence-electron chi connectivity index (χ2n) is 4.06. The van der Waals surface area contributed by atoms with Gasteiger partial charge < -0.3 is 20.9 Å². The molecule has 0 amide bonds. The van der Waals surface area contributed by atoms with E-state index >= 15 is 0 Å². The van der Waals surface area contributed by atoms with Gasteiger partial charge in [0.1, 0.15) is 5.82 Å². The van der Waals surface area contributed by atoms with E-state index in [9.17, 15) is 0 Å². The zero-order valence-electron chi connectivity index (χ0n) is 10.8. The number of likely N-dealkylation sites (N-methyl/N-ethyl adjacent to an activating group) is 1. The van der Waals surface area contributed by atoms with E-state index in [4.69, 9.17) is 18.0 Å². The number of nitrogen functional groups attached to an aromatic ring is 1. The van der Waals surface area contributed by atoms with Crippen molar-refractivity contribution in [2.45, 2.75) is 20.8 Å². The zero-order valence-corrected chi connectivity index (χ0v) is 11.7. The van der Waals surface area contributed by atoms with Crippen LogP contribution in [0.3, 0.4) is 0 Å².